The van der Waals surface area contributed by atoms with Crippen molar-refractivity contribution in [1.82, 2.24) is 30.4 Å². The van der Waals surface area contributed by atoms with Crippen molar-refractivity contribution in [3.8, 4) is 0 Å². The number of aryl methyl sites for hydroxylation is 1. The normalized spacial score (nSPS) is 22.6. The van der Waals surface area contributed by atoms with Gasteiger partial charge in [0, 0.05) is 24.7 Å². The quantitative estimate of drug-likeness (QED) is 0.291. The second-order valence-corrected chi connectivity index (χ2v) is 10.0. The molecule has 1 fully saturated rings. The number of carbonyl (C=O) groups is 4. The number of nitrogens with zero attached hydrogens (tertiary/aromatic N) is 5. The minimum absolute atomic E-state index is 0.0474. The van der Waals surface area contributed by atoms with Crippen molar-refractivity contribution in [2.24, 2.45) is 5.73 Å². The highest BCUT2D eigenvalue weighted by molar-refractivity contribution is 8.05. The number of halogens is 3. The third-order valence-corrected chi connectivity index (χ3v) is 7.95. The Labute approximate surface area is 196 Å². The number of thioether (sulfide) groups is 3. The second kappa shape index (κ2) is 9.80. The Bertz CT molecular complexity index is 1020. The highest BCUT2D eigenvalue weighted by Gasteiger charge is 2.59. The smallest absolute Gasteiger partial charge is 0.442 e. The van der Waals surface area contributed by atoms with Crippen molar-refractivity contribution in [2.45, 2.75) is 46.6 Å². The molecule has 1 saturated heterocycles. The predicted octanol–water partition coefficient (Wildman–Crippen LogP) is -0.0218. The average Bonchev–Trinajstić information content (AvgIpc) is 3.14. The number of hydrogen-bond acceptors (Lipinski definition) is 10. The summed E-state index contributed by atoms with van der Waals surface area (Å²) in [6.45, 7) is 1.25. The van der Waals surface area contributed by atoms with Gasteiger partial charge in [0.25, 0.3) is 0 Å². The summed E-state index contributed by atoms with van der Waals surface area (Å²) in [7, 11) is 0. The van der Waals surface area contributed by atoms with Crippen LogP contribution in [0.3, 0.4) is 0 Å². The van der Waals surface area contributed by atoms with Gasteiger partial charge in [-0.1, -0.05) is 11.8 Å². The molecule has 3 amide bonds. The number of alkyl halides is 3. The maximum Gasteiger partial charge on any atom is 0.442 e. The lowest BCUT2D eigenvalue weighted by atomic mass is 10.1. The standard InChI is InChI=1S/C15H16F3N7O5S3/c1-5(26)20-10-6(4-31-14-21-22-23-24(14)3-2-7(19)27)8(13(29)30)25-11(28)9(12(25)32-10)33-15(16,17)18/h9-10,12H,2-4H2,1H3,(H2,19,27)(H,20,26)(H,29,30)/t9?,10?,12-/m1/s1. The SMILES string of the molecule is CC(=O)NC1S[C@@H]2C(SC(F)(F)F)C(=O)N2C(C(=O)O)=C1CSc1nnnn1CCC(N)=O. The molecule has 2 unspecified atom stereocenters. The number of aliphatic carboxylic acids is 1. The minimum atomic E-state index is -4.69. The number of primary amides is 1. The summed E-state index contributed by atoms with van der Waals surface area (Å²) in [6, 6.07) is 0. The first-order chi connectivity index (χ1) is 15.4. The Kier molecular flexibility index (Phi) is 7.47. The topological polar surface area (TPSA) is 173 Å². The van der Waals surface area contributed by atoms with Crippen LogP contribution in [0.1, 0.15) is 13.3 Å². The van der Waals surface area contributed by atoms with E-state index in [1.165, 1.54) is 11.6 Å². The van der Waals surface area contributed by atoms with Gasteiger partial charge < -0.3 is 16.2 Å². The first kappa shape index (κ1) is 25.2. The lowest BCUT2D eigenvalue weighted by Gasteiger charge is -2.51. The summed E-state index contributed by atoms with van der Waals surface area (Å²) < 4.78 is 39.8. The number of rotatable bonds is 9. The van der Waals surface area contributed by atoms with Crippen molar-refractivity contribution in [3.05, 3.63) is 11.3 Å². The number of tetrazole rings is 1. The fraction of sp³-hybridized carbons (Fsp3) is 0.533. The number of carboxylic acids is 1. The maximum absolute atomic E-state index is 12.9. The van der Waals surface area contributed by atoms with Gasteiger partial charge in [-0.2, -0.15) is 13.2 Å². The molecule has 2 aliphatic rings. The predicted molar refractivity (Wildman–Crippen MR) is 110 cm³/mol. The van der Waals surface area contributed by atoms with Gasteiger partial charge >= 0.3 is 11.5 Å². The van der Waals surface area contributed by atoms with E-state index in [1.54, 1.807) is 0 Å². The summed E-state index contributed by atoms with van der Waals surface area (Å²) >= 11 is 1.30. The Morgan fingerprint density at radius 2 is 2.03 bits per heavy atom. The second-order valence-electron chi connectivity index (χ2n) is 6.67. The van der Waals surface area contributed by atoms with Gasteiger partial charge in [0.15, 0.2) is 0 Å². The number of nitrogens with one attached hydrogen (secondary N) is 1. The molecule has 12 nitrogen and oxygen atoms in total. The molecule has 1 aromatic rings. The number of carboxylic acid groups (broad SMARTS) is 1. The van der Waals surface area contributed by atoms with E-state index < -0.39 is 62.7 Å². The molecule has 4 N–H and O–H groups in total. The highest BCUT2D eigenvalue weighted by atomic mass is 32.2. The Morgan fingerprint density at radius 3 is 2.61 bits per heavy atom. The van der Waals surface area contributed by atoms with E-state index in [0.717, 1.165) is 28.4 Å². The molecule has 0 saturated carbocycles. The van der Waals surface area contributed by atoms with E-state index in [-0.39, 0.29) is 29.4 Å². The molecule has 0 radical (unpaired) electrons. The van der Waals surface area contributed by atoms with Gasteiger partial charge in [0.2, 0.25) is 22.9 Å². The van der Waals surface area contributed by atoms with Crippen LogP contribution in [-0.2, 0) is 25.7 Å². The number of fused-ring (bicyclic) bond motifs is 1. The summed E-state index contributed by atoms with van der Waals surface area (Å²) in [6.07, 6.45) is -0.0474. The van der Waals surface area contributed by atoms with Crippen LogP contribution in [0.5, 0.6) is 0 Å². The largest absolute Gasteiger partial charge is 0.477 e. The van der Waals surface area contributed by atoms with Crippen molar-refractivity contribution in [1.29, 1.82) is 0 Å². The van der Waals surface area contributed by atoms with Crippen LogP contribution >= 0.6 is 35.3 Å². The van der Waals surface area contributed by atoms with Crippen LogP contribution in [0.25, 0.3) is 0 Å². The first-order valence-corrected chi connectivity index (χ1v) is 11.8. The number of hydrogen-bond donors (Lipinski definition) is 3. The molecule has 3 heterocycles. The van der Waals surface area contributed by atoms with E-state index in [0.29, 0.717) is 0 Å². The van der Waals surface area contributed by atoms with Crippen molar-refractivity contribution < 1.29 is 37.5 Å². The zero-order valence-electron chi connectivity index (χ0n) is 16.6. The summed E-state index contributed by atoms with van der Waals surface area (Å²) in [4.78, 5) is 47.9. The molecule has 2 aliphatic heterocycles. The zero-order chi connectivity index (χ0) is 24.5. The Hall–Kier alpha value is -2.47. The van der Waals surface area contributed by atoms with Crippen molar-refractivity contribution in [2.75, 3.05) is 5.75 Å². The average molecular weight is 528 g/mol. The molecule has 180 valence electrons. The van der Waals surface area contributed by atoms with Crippen LogP contribution in [0, 0.1) is 0 Å². The molecule has 3 atom stereocenters. The van der Waals surface area contributed by atoms with Gasteiger partial charge in [-0.3, -0.25) is 19.3 Å². The van der Waals surface area contributed by atoms with Crippen LogP contribution in [0.2, 0.25) is 0 Å². The summed E-state index contributed by atoms with van der Waals surface area (Å²) in [5.74, 6) is -3.74. The van der Waals surface area contributed by atoms with E-state index in [1.807, 2.05) is 0 Å². The maximum atomic E-state index is 12.9. The molecule has 0 bridgehead atoms. The molecule has 0 aliphatic carbocycles. The van der Waals surface area contributed by atoms with Gasteiger partial charge in [-0.05, 0) is 22.2 Å². The number of nitrogens with two attached hydrogens (primary N) is 1. The third-order valence-electron chi connectivity index (χ3n) is 4.35. The van der Waals surface area contributed by atoms with Gasteiger partial charge in [-0.25, -0.2) is 9.48 Å². The van der Waals surface area contributed by atoms with Crippen LogP contribution < -0.4 is 11.1 Å². The van der Waals surface area contributed by atoms with E-state index in [2.05, 4.69) is 20.8 Å². The number of amides is 3. The van der Waals surface area contributed by atoms with Crippen LogP contribution in [0.15, 0.2) is 16.4 Å². The molecule has 18 heteroatoms. The monoisotopic (exact) mass is 527 g/mol. The highest BCUT2D eigenvalue weighted by Crippen LogP contribution is 2.51. The van der Waals surface area contributed by atoms with Crippen LogP contribution in [0.4, 0.5) is 13.2 Å². The summed E-state index contributed by atoms with van der Waals surface area (Å²) in [5, 5.41) is 19.8. The fourth-order valence-electron chi connectivity index (χ4n) is 3.05. The molecule has 0 aromatic carbocycles. The first-order valence-electron chi connectivity index (χ1n) is 9.03. The van der Waals surface area contributed by atoms with Crippen molar-refractivity contribution in [3.63, 3.8) is 0 Å². The lowest BCUT2D eigenvalue weighted by molar-refractivity contribution is -0.145. The number of aromatic nitrogens is 4. The summed E-state index contributed by atoms with van der Waals surface area (Å²) in [5.41, 5.74) is 0.0170. The molecule has 1 aromatic heterocycles. The number of carbonyl (C=O) groups excluding carboxylic acids is 3. The van der Waals surface area contributed by atoms with E-state index in [9.17, 15) is 37.5 Å². The molecule has 0 spiro atoms. The number of β-lactam (4-membered cyclic amide) rings is 1. The Balaban J connectivity index is 1.89. The molecular formula is C15H16F3N7O5S3. The minimum Gasteiger partial charge on any atom is -0.477 e. The zero-order valence-corrected chi connectivity index (χ0v) is 19.1. The fourth-order valence-corrected chi connectivity index (χ4v) is 6.68. The van der Waals surface area contributed by atoms with E-state index in [4.69, 9.17) is 5.73 Å². The van der Waals surface area contributed by atoms with Crippen molar-refractivity contribution >= 4 is 59.0 Å². The molecular weight excluding hydrogens is 511 g/mol. The van der Waals surface area contributed by atoms with Gasteiger partial charge in [0.05, 0.1) is 6.54 Å². The molecule has 33 heavy (non-hydrogen) atoms. The lowest BCUT2D eigenvalue weighted by Crippen LogP contribution is -2.66. The van der Waals surface area contributed by atoms with Gasteiger partial charge in [0.1, 0.15) is 21.7 Å². The Morgan fingerprint density at radius 1 is 1.33 bits per heavy atom. The van der Waals surface area contributed by atoms with Gasteiger partial charge in [-0.15, -0.1) is 16.9 Å². The van der Waals surface area contributed by atoms with Crippen LogP contribution in [-0.4, -0.2) is 81.2 Å². The third kappa shape index (κ3) is 5.72. The van der Waals surface area contributed by atoms with E-state index >= 15 is 0 Å². The molecule has 3 rings (SSSR count).